The van der Waals surface area contributed by atoms with E-state index < -0.39 is 5.41 Å². The minimum absolute atomic E-state index is 0.193. The van der Waals surface area contributed by atoms with E-state index in [1.165, 1.54) is 25.0 Å². The lowest BCUT2D eigenvalue weighted by Gasteiger charge is -2.61. The zero-order valence-electron chi connectivity index (χ0n) is 17.7. The number of rotatable bonds is 3. The highest BCUT2D eigenvalue weighted by atomic mass is 16.6. The van der Waals surface area contributed by atoms with Crippen LogP contribution in [0, 0.1) is 11.3 Å². The third-order valence-electron chi connectivity index (χ3n) is 8.73. The monoisotopic (exact) mass is 408 g/mol. The average Bonchev–Trinajstić information content (AvgIpc) is 3.18. The number of fused-ring (bicyclic) bond motifs is 2. The fourth-order valence-electron chi connectivity index (χ4n) is 7.94. The quantitative estimate of drug-likeness (QED) is 0.613. The number of nitrogens with one attached hydrogen (secondary N) is 1. The number of ether oxygens (including phenoxy) is 2. The van der Waals surface area contributed by atoms with E-state index in [4.69, 9.17) is 9.47 Å². The number of piperidine rings is 4. The molecular weight excluding hydrogens is 380 g/mol. The van der Waals surface area contributed by atoms with Crippen LogP contribution >= 0.6 is 0 Å². The standard InChI is InChI=1S/C24H28N2O4/c1-4-15-11-26-19-9-17(15)24(12-29-13(2)27)20(26)10-23(22(24)30-14(3)28)16-7-5-6-8-18(16)25-21(19)23/h4-8,17,19-22,25H,9-12H2,1-3H3/b15-4-/t17-,19-,20?,21+,22+,23?,24-/m0/s1. The largest absolute Gasteiger partial charge is 0.465 e. The van der Waals surface area contributed by atoms with Gasteiger partial charge in [-0.1, -0.05) is 29.8 Å². The van der Waals surface area contributed by atoms with E-state index >= 15 is 0 Å². The van der Waals surface area contributed by atoms with Gasteiger partial charge in [-0.15, -0.1) is 0 Å². The summed E-state index contributed by atoms with van der Waals surface area (Å²) < 4.78 is 12.0. The number of benzene rings is 1. The second-order valence-corrected chi connectivity index (χ2v) is 9.70. The minimum atomic E-state index is -0.415. The number of carbonyl (C=O) groups is 2. The Labute approximate surface area is 176 Å². The minimum Gasteiger partial charge on any atom is -0.465 e. The summed E-state index contributed by atoms with van der Waals surface area (Å²) in [6.07, 6.45) is 3.81. The molecule has 5 aliphatic heterocycles. The Kier molecular flexibility index (Phi) is 3.61. The van der Waals surface area contributed by atoms with Gasteiger partial charge in [-0.05, 0) is 37.3 Å². The molecular formula is C24H28N2O4. The molecule has 8 atom stereocenters. The van der Waals surface area contributed by atoms with Crippen LogP contribution in [-0.4, -0.2) is 54.2 Å². The normalized spacial score (nSPS) is 45.1. The summed E-state index contributed by atoms with van der Waals surface area (Å²) >= 11 is 0. The van der Waals surface area contributed by atoms with Crippen molar-refractivity contribution in [2.75, 3.05) is 18.5 Å². The zero-order valence-corrected chi connectivity index (χ0v) is 17.7. The van der Waals surface area contributed by atoms with Gasteiger partial charge in [0.05, 0.1) is 16.9 Å². The topological polar surface area (TPSA) is 67.9 Å². The summed E-state index contributed by atoms with van der Waals surface area (Å²) in [7, 11) is 0. The van der Waals surface area contributed by atoms with Crippen LogP contribution in [0.3, 0.4) is 0 Å². The summed E-state index contributed by atoms with van der Waals surface area (Å²) in [5.74, 6) is -0.282. The van der Waals surface area contributed by atoms with Crippen molar-refractivity contribution in [1.29, 1.82) is 0 Å². The number of carbonyl (C=O) groups excluding carboxylic acids is 2. The number of para-hydroxylation sites is 1. The van der Waals surface area contributed by atoms with E-state index in [0.29, 0.717) is 12.6 Å². The van der Waals surface area contributed by atoms with Gasteiger partial charge in [0.1, 0.15) is 12.7 Å². The lowest BCUT2D eigenvalue weighted by Crippen LogP contribution is -2.70. The molecule has 4 saturated heterocycles. The summed E-state index contributed by atoms with van der Waals surface area (Å²) in [5, 5.41) is 3.83. The first kappa shape index (κ1) is 18.4. The van der Waals surface area contributed by atoms with Crippen molar-refractivity contribution in [3.05, 3.63) is 41.5 Å². The molecule has 5 fully saturated rings. The number of hydrogen-bond donors (Lipinski definition) is 1. The molecule has 1 aromatic carbocycles. The lowest BCUT2D eigenvalue weighted by molar-refractivity contribution is -0.177. The molecule has 5 bridgehead atoms. The number of hydrogen-bond acceptors (Lipinski definition) is 6. The van der Waals surface area contributed by atoms with Gasteiger partial charge in [-0.25, -0.2) is 0 Å². The maximum absolute atomic E-state index is 12.4. The third-order valence-corrected chi connectivity index (χ3v) is 8.73. The molecule has 158 valence electrons. The summed E-state index contributed by atoms with van der Waals surface area (Å²) in [5.41, 5.74) is 3.09. The SMILES string of the molecule is C/C=C1/CN2C3CC45c6ccccc6N[C@@H]4[C@@H]2C[C@@H]1[C@]3(COC(C)=O)[C@@H]5OC(C)=O. The van der Waals surface area contributed by atoms with Crippen LogP contribution in [0.1, 0.15) is 39.2 Å². The van der Waals surface area contributed by atoms with Crippen molar-refractivity contribution in [2.24, 2.45) is 11.3 Å². The van der Waals surface area contributed by atoms with E-state index in [-0.39, 0.29) is 41.5 Å². The lowest BCUT2D eigenvalue weighted by atomic mass is 9.59. The second kappa shape index (κ2) is 5.88. The van der Waals surface area contributed by atoms with Gasteiger partial charge >= 0.3 is 11.9 Å². The molecule has 1 spiro atoms. The van der Waals surface area contributed by atoms with Crippen LogP contribution in [0.2, 0.25) is 0 Å². The number of esters is 2. The van der Waals surface area contributed by atoms with Crippen LogP contribution in [0.5, 0.6) is 0 Å². The smallest absolute Gasteiger partial charge is 0.302 e. The second-order valence-electron chi connectivity index (χ2n) is 9.70. The fourth-order valence-corrected chi connectivity index (χ4v) is 7.94. The first-order chi connectivity index (χ1) is 14.4. The molecule has 6 heteroatoms. The van der Waals surface area contributed by atoms with Crippen molar-refractivity contribution in [3.63, 3.8) is 0 Å². The van der Waals surface area contributed by atoms with Gasteiger partial charge in [-0.2, -0.15) is 0 Å². The van der Waals surface area contributed by atoms with Gasteiger partial charge < -0.3 is 14.8 Å². The maximum atomic E-state index is 12.4. The molecule has 6 aliphatic rings. The maximum Gasteiger partial charge on any atom is 0.302 e. The van der Waals surface area contributed by atoms with Gasteiger partial charge in [-0.3, -0.25) is 14.5 Å². The summed E-state index contributed by atoms with van der Waals surface area (Å²) in [6, 6.07) is 9.28. The van der Waals surface area contributed by atoms with Crippen LogP contribution in [0.25, 0.3) is 0 Å². The Morgan fingerprint density at radius 3 is 2.80 bits per heavy atom. The predicted molar refractivity (Wildman–Crippen MR) is 111 cm³/mol. The molecule has 5 heterocycles. The van der Waals surface area contributed by atoms with Gasteiger partial charge in [0.15, 0.2) is 0 Å². The summed E-state index contributed by atoms with van der Waals surface area (Å²) in [4.78, 5) is 26.9. The first-order valence-corrected chi connectivity index (χ1v) is 11.0. The molecule has 0 radical (unpaired) electrons. The fraction of sp³-hybridized carbons (Fsp3) is 0.583. The van der Waals surface area contributed by atoms with Crippen LogP contribution in [-0.2, 0) is 24.5 Å². The molecule has 1 aromatic rings. The highest BCUT2D eigenvalue weighted by Crippen LogP contribution is 2.72. The van der Waals surface area contributed by atoms with Gasteiger partial charge in [0.25, 0.3) is 0 Å². The van der Waals surface area contributed by atoms with Crippen molar-refractivity contribution in [1.82, 2.24) is 4.90 Å². The van der Waals surface area contributed by atoms with Gasteiger partial charge in [0, 0.05) is 38.2 Å². The first-order valence-electron chi connectivity index (χ1n) is 11.0. The van der Waals surface area contributed by atoms with Crippen molar-refractivity contribution in [2.45, 2.75) is 63.3 Å². The van der Waals surface area contributed by atoms with Crippen molar-refractivity contribution < 1.29 is 19.1 Å². The molecule has 6 nitrogen and oxygen atoms in total. The molecule has 30 heavy (non-hydrogen) atoms. The van der Waals surface area contributed by atoms with Crippen LogP contribution in [0.4, 0.5) is 5.69 Å². The number of nitrogens with zero attached hydrogens (tertiary/aromatic N) is 1. The highest BCUT2D eigenvalue weighted by Gasteiger charge is 2.81. The van der Waals surface area contributed by atoms with E-state index in [1.54, 1.807) is 0 Å². The molecule has 1 N–H and O–H groups in total. The number of allylic oxidation sites excluding steroid dienone is 1. The predicted octanol–water partition coefficient (Wildman–Crippen LogP) is 2.64. The number of anilines is 1. The van der Waals surface area contributed by atoms with E-state index in [9.17, 15) is 9.59 Å². The van der Waals surface area contributed by atoms with Crippen LogP contribution < -0.4 is 5.32 Å². The molecule has 0 amide bonds. The van der Waals surface area contributed by atoms with Crippen molar-refractivity contribution >= 4 is 17.6 Å². The Hall–Kier alpha value is -2.34. The Bertz CT molecular complexity index is 989. The van der Waals surface area contributed by atoms with Gasteiger partial charge in [0.2, 0.25) is 0 Å². The van der Waals surface area contributed by atoms with Crippen molar-refractivity contribution in [3.8, 4) is 0 Å². The van der Waals surface area contributed by atoms with E-state index in [1.807, 2.05) is 0 Å². The molecule has 7 rings (SSSR count). The summed E-state index contributed by atoms with van der Waals surface area (Å²) in [6.45, 7) is 6.32. The van der Waals surface area contributed by atoms with E-state index in [0.717, 1.165) is 25.1 Å². The molecule has 0 aromatic heterocycles. The molecule has 3 unspecified atom stereocenters. The van der Waals surface area contributed by atoms with E-state index in [2.05, 4.69) is 47.5 Å². The van der Waals surface area contributed by atoms with Crippen LogP contribution in [0.15, 0.2) is 35.9 Å². The Balaban J connectivity index is 1.61. The Morgan fingerprint density at radius 1 is 1.27 bits per heavy atom. The third kappa shape index (κ3) is 1.94. The zero-order chi connectivity index (χ0) is 20.8. The molecule has 1 saturated carbocycles. The highest BCUT2D eigenvalue weighted by molar-refractivity contribution is 5.70. The average molecular weight is 408 g/mol. The molecule has 1 aliphatic carbocycles. The Morgan fingerprint density at radius 2 is 2.07 bits per heavy atom.